The molecular formula is C31H38N8O5S2. The Hall–Kier alpha value is -4.21. The molecule has 4 aromatic heterocycles. The molecule has 1 aliphatic rings. The molecule has 3 amide bonds. The third kappa shape index (κ3) is 8.73. The van der Waals surface area contributed by atoms with Crippen molar-refractivity contribution in [1.29, 1.82) is 0 Å². The Morgan fingerprint density at radius 1 is 1.15 bits per heavy atom. The Kier molecular flexibility index (Phi) is 10.8. The Bertz CT molecular complexity index is 1690. The van der Waals surface area contributed by atoms with Crippen LogP contribution in [0.4, 0.5) is 0 Å². The molecular weight excluding hydrogens is 629 g/mol. The highest BCUT2D eigenvalue weighted by Crippen LogP contribution is 2.34. The smallest absolute Gasteiger partial charge is 0.321 e. The molecule has 1 aliphatic heterocycles. The predicted molar refractivity (Wildman–Crippen MR) is 176 cm³/mol. The fourth-order valence-electron chi connectivity index (χ4n) is 5.24. The van der Waals surface area contributed by atoms with Crippen LogP contribution in [0.3, 0.4) is 0 Å². The molecule has 5 rings (SSSR count). The third-order valence-corrected chi connectivity index (χ3v) is 10.2. The van der Waals surface area contributed by atoms with Crippen LogP contribution in [-0.2, 0) is 27.5 Å². The number of piperidine rings is 1. The van der Waals surface area contributed by atoms with E-state index < -0.39 is 12.0 Å². The quantitative estimate of drug-likeness (QED) is 0.157. The third-order valence-electron chi connectivity index (χ3n) is 8.04. The van der Waals surface area contributed by atoms with Crippen LogP contribution in [0.15, 0.2) is 55.2 Å². The molecule has 5 heterocycles. The number of carbonyl (C=O) groups is 4. The van der Waals surface area contributed by atoms with Gasteiger partial charge in [-0.3, -0.25) is 23.9 Å². The zero-order chi connectivity index (χ0) is 32.7. The monoisotopic (exact) mass is 666 g/mol. The van der Waals surface area contributed by atoms with Gasteiger partial charge in [-0.2, -0.15) is 5.10 Å². The maximum atomic E-state index is 12.8. The lowest BCUT2D eigenvalue weighted by Gasteiger charge is -2.39. The molecule has 4 aromatic rings. The van der Waals surface area contributed by atoms with Gasteiger partial charge < -0.3 is 30.8 Å². The Labute approximate surface area is 274 Å². The Balaban J connectivity index is 1.03. The van der Waals surface area contributed by atoms with Gasteiger partial charge in [0.25, 0.3) is 5.91 Å². The van der Waals surface area contributed by atoms with Crippen LogP contribution in [0.5, 0.6) is 0 Å². The van der Waals surface area contributed by atoms with Gasteiger partial charge in [0.15, 0.2) is 0 Å². The summed E-state index contributed by atoms with van der Waals surface area (Å²) in [7, 11) is 0. The fourth-order valence-corrected chi connectivity index (χ4v) is 6.94. The standard InChI is InChI=1S/C31H38N8O5S2/c1-31(6-11-38(12-7-31)28(41)4-8-34-27(40)19-45-18-23(32)30(43)44)20-39-17-22(16-36-39)24-2-3-25(46-24)29(42)35-15-21-5-10-37-13-9-33-26(37)14-21/h2-3,5,9-10,13-14,16-17,23H,4,6-8,11-12,15,18-20,32H2,1H3,(H,34,40)(H,35,42)(H,43,44)/t23-/m0/s1. The van der Waals surface area contributed by atoms with Gasteiger partial charge in [-0.15, -0.1) is 23.1 Å². The average Bonchev–Trinajstić information content (AvgIpc) is 3.81. The number of nitrogens with zero attached hydrogens (tertiary/aromatic N) is 5. The van der Waals surface area contributed by atoms with Crippen LogP contribution in [-0.4, -0.2) is 90.0 Å². The molecule has 0 saturated carbocycles. The number of thioether (sulfide) groups is 1. The van der Waals surface area contributed by atoms with E-state index >= 15 is 0 Å². The molecule has 1 saturated heterocycles. The number of carboxylic acid groups (broad SMARTS) is 1. The van der Waals surface area contributed by atoms with Crippen LogP contribution in [0.25, 0.3) is 16.1 Å². The van der Waals surface area contributed by atoms with Crippen molar-refractivity contribution in [2.24, 2.45) is 11.1 Å². The van der Waals surface area contributed by atoms with Crippen molar-refractivity contribution in [3.63, 3.8) is 0 Å². The number of amides is 3. The summed E-state index contributed by atoms with van der Waals surface area (Å²) in [5.74, 6) is -1.23. The minimum Gasteiger partial charge on any atom is -0.480 e. The lowest BCUT2D eigenvalue weighted by atomic mass is 9.80. The number of nitrogens with two attached hydrogens (primary N) is 1. The van der Waals surface area contributed by atoms with Gasteiger partial charge in [0.1, 0.15) is 11.7 Å². The Morgan fingerprint density at radius 2 is 1.96 bits per heavy atom. The van der Waals surface area contributed by atoms with Crippen molar-refractivity contribution in [2.45, 2.75) is 45.3 Å². The number of aromatic nitrogens is 4. The number of pyridine rings is 1. The van der Waals surface area contributed by atoms with Crippen molar-refractivity contribution < 1.29 is 24.3 Å². The summed E-state index contributed by atoms with van der Waals surface area (Å²) in [4.78, 5) is 56.0. The minimum atomic E-state index is -1.10. The second-order valence-corrected chi connectivity index (χ2v) is 13.9. The highest BCUT2D eigenvalue weighted by Gasteiger charge is 2.32. The maximum Gasteiger partial charge on any atom is 0.321 e. The minimum absolute atomic E-state index is 0.000838. The molecule has 0 spiro atoms. The number of nitrogens with one attached hydrogen (secondary N) is 2. The summed E-state index contributed by atoms with van der Waals surface area (Å²) in [5, 5.41) is 19.1. The zero-order valence-corrected chi connectivity index (χ0v) is 27.2. The molecule has 1 fully saturated rings. The summed E-state index contributed by atoms with van der Waals surface area (Å²) < 4.78 is 3.86. The van der Waals surface area contributed by atoms with Crippen LogP contribution in [0.2, 0.25) is 0 Å². The molecule has 5 N–H and O–H groups in total. The van der Waals surface area contributed by atoms with Gasteiger partial charge >= 0.3 is 5.97 Å². The largest absolute Gasteiger partial charge is 0.480 e. The first-order valence-corrected chi connectivity index (χ1v) is 17.0. The number of likely N-dealkylation sites (tertiary alicyclic amines) is 1. The summed E-state index contributed by atoms with van der Waals surface area (Å²) in [5.41, 5.74) is 8.18. The second-order valence-electron chi connectivity index (χ2n) is 11.8. The Morgan fingerprint density at radius 3 is 2.74 bits per heavy atom. The number of carbonyl (C=O) groups excluding carboxylic acids is 3. The zero-order valence-electron chi connectivity index (χ0n) is 25.6. The molecule has 0 aliphatic carbocycles. The molecule has 0 unspecified atom stereocenters. The van der Waals surface area contributed by atoms with Crippen LogP contribution in [0, 0.1) is 5.41 Å². The number of rotatable bonds is 14. The van der Waals surface area contributed by atoms with Crippen molar-refractivity contribution in [1.82, 2.24) is 34.7 Å². The van der Waals surface area contributed by atoms with Gasteiger partial charge in [-0.1, -0.05) is 6.92 Å². The SMILES string of the molecule is CC1(Cn2cc(-c3ccc(C(=O)NCc4ccn5ccnc5c4)s3)cn2)CCN(C(=O)CCNC(=O)CSC[C@H](N)C(=O)O)CC1. The van der Waals surface area contributed by atoms with E-state index in [0.717, 1.165) is 46.3 Å². The first-order chi connectivity index (χ1) is 22.1. The van der Waals surface area contributed by atoms with E-state index in [1.807, 2.05) is 63.0 Å². The normalized spacial score (nSPS) is 15.0. The van der Waals surface area contributed by atoms with Crippen LogP contribution >= 0.6 is 23.1 Å². The molecule has 46 heavy (non-hydrogen) atoms. The lowest BCUT2D eigenvalue weighted by Crippen LogP contribution is -2.44. The van der Waals surface area contributed by atoms with E-state index in [1.54, 1.807) is 6.20 Å². The first-order valence-electron chi connectivity index (χ1n) is 15.0. The van der Waals surface area contributed by atoms with Crippen molar-refractivity contribution in [2.75, 3.05) is 31.1 Å². The topological polar surface area (TPSA) is 177 Å². The van der Waals surface area contributed by atoms with Gasteiger partial charge in [0, 0.05) is 80.1 Å². The summed E-state index contributed by atoms with van der Waals surface area (Å²) >= 11 is 2.58. The number of hydrogen-bond acceptors (Lipinski definition) is 9. The van der Waals surface area contributed by atoms with Crippen molar-refractivity contribution in [3.8, 4) is 10.4 Å². The number of fused-ring (bicyclic) bond motifs is 1. The number of imidazole rings is 1. The first kappa shape index (κ1) is 33.2. The lowest BCUT2D eigenvalue weighted by molar-refractivity contribution is -0.138. The second kappa shape index (κ2) is 14.9. The highest BCUT2D eigenvalue weighted by molar-refractivity contribution is 8.00. The van der Waals surface area contributed by atoms with E-state index in [0.29, 0.717) is 31.1 Å². The number of thiophene rings is 1. The average molecular weight is 667 g/mol. The molecule has 244 valence electrons. The van der Waals surface area contributed by atoms with E-state index in [-0.39, 0.29) is 47.6 Å². The van der Waals surface area contributed by atoms with Gasteiger partial charge in [-0.05, 0) is 48.1 Å². The summed E-state index contributed by atoms with van der Waals surface area (Å²) in [6, 6.07) is 6.69. The summed E-state index contributed by atoms with van der Waals surface area (Å²) in [6.07, 6.45) is 11.2. The molecule has 15 heteroatoms. The van der Waals surface area contributed by atoms with E-state index in [9.17, 15) is 19.2 Å². The maximum absolute atomic E-state index is 12.8. The molecule has 1 atom stereocenters. The molecule has 0 radical (unpaired) electrons. The molecule has 0 bridgehead atoms. The van der Waals surface area contributed by atoms with E-state index in [2.05, 4.69) is 27.6 Å². The van der Waals surface area contributed by atoms with Crippen molar-refractivity contribution in [3.05, 3.63) is 65.7 Å². The summed E-state index contributed by atoms with van der Waals surface area (Å²) in [6.45, 7) is 4.86. The number of carboxylic acids is 1. The van der Waals surface area contributed by atoms with Gasteiger partial charge in [0.2, 0.25) is 11.8 Å². The number of hydrogen-bond donors (Lipinski definition) is 4. The molecule has 0 aromatic carbocycles. The van der Waals surface area contributed by atoms with Gasteiger partial charge in [-0.25, -0.2) is 4.98 Å². The van der Waals surface area contributed by atoms with Crippen LogP contribution < -0.4 is 16.4 Å². The van der Waals surface area contributed by atoms with Gasteiger partial charge in [0.05, 0.1) is 16.8 Å². The predicted octanol–water partition coefficient (Wildman–Crippen LogP) is 2.47. The van der Waals surface area contributed by atoms with E-state index in [4.69, 9.17) is 10.8 Å². The number of aliphatic carboxylic acids is 1. The van der Waals surface area contributed by atoms with Crippen LogP contribution in [0.1, 0.15) is 41.4 Å². The molecule has 13 nitrogen and oxygen atoms in total. The van der Waals surface area contributed by atoms with E-state index in [1.165, 1.54) is 11.3 Å². The van der Waals surface area contributed by atoms with Crippen molar-refractivity contribution >= 4 is 52.4 Å². The fraction of sp³-hybridized carbons (Fsp3) is 0.419. The highest BCUT2D eigenvalue weighted by atomic mass is 32.2.